The van der Waals surface area contributed by atoms with Gasteiger partial charge < -0.3 is 20.0 Å². The minimum atomic E-state index is -0.673. The molecule has 1 saturated heterocycles. The summed E-state index contributed by atoms with van der Waals surface area (Å²) in [5.41, 5.74) is 1.58. The van der Waals surface area contributed by atoms with Gasteiger partial charge in [0.25, 0.3) is 5.91 Å². The summed E-state index contributed by atoms with van der Waals surface area (Å²) in [6.07, 6.45) is 3.36. The Hall–Kier alpha value is -3.09. The number of carbonyl (C=O) groups is 3. The van der Waals surface area contributed by atoms with Gasteiger partial charge in [-0.25, -0.2) is 0 Å². The average Bonchev–Trinajstić information content (AvgIpc) is 3.29. The first-order chi connectivity index (χ1) is 14.5. The number of likely N-dealkylation sites (tertiary alicyclic amines) is 1. The molecule has 160 valence electrons. The molecule has 1 aromatic carbocycles. The highest BCUT2D eigenvalue weighted by molar-refractivity contribution is 5.97. The predicted octanol–water partition coefficient (Wildman–Crippen LogP) is 2.65. The number of carbonyl (C=O) groups excluding carboxylic acids is 3. The third kappa shape index (κ3) is 5.49. The van der Waals surface area contributed by atoms with Crippen LogP contribution in [0, 0.1) is 12.8 Å². The van der Waals surface area contributed by atoms with Gasteiger partial charge in [-0.3, -0.25) is 14.4 Å². The second kappa shape index (κ2) is 10.1. The summed E-state index contributed by atoms with van der Waals surface area (Å²) >= 11 is 0. The van der Waals surface area contributed by atoms with Crippen molar-refractivity contribution in [3.05, 3.63) is 59.5 Å². The van der Waals surface area contributed by atoms with Crippen LogP contribution in [-0.4, -0.2) is 41.8 Å². The van der Waals surface area contributed by atoms with Gasteiger partial charge in [0.15, 0.2) is 0 Å². The van der Waals surface area contributed by atoms with Crippen molar-refractivity contribution in [1.29, 1.82) is 0 Å². The molecule has 0 aliphatic carbocycles. The zero-order valence-electron chi connectivity index (χ0n) is 17.5. The van der Waals surface area contributed by atoms with E-state index < -0.39 is 6.04 Å². The Morgan fingerprint density at radius 3 is 2.43 bits per heavy atom. The van der Waals surface area contributed by atoms with Crippen LogP contribution < -0.4 is 10.6 Å². The summed E-state index contributed by atoms with van der Waals surface area (Å²) in [5, 5.41) is 5.79. The summed E-state index contributed by atoms with van der Waals surface area (Å²) in [6.45, 7) is 5.26. The maximum Gasteiger partial charge on any atom is 0.251 e. The Bertz CT molecular complexity index is 853. The van der Waals surface area contributed by atoms with E-state index in [-0.39, 0.29) is 30.2 Å². The molecule has 3 amide bonds. The van der Waals surface area contributed by atoms with Crippen LogP contribution in [0.15, 0.2) is 47.1 Å². The summed E-state index contributed by atoms with van der Waals surface area (Å²) in [5.74, 6) is 0.204. The minimum Gasteiger partial charge on any atom is -0.467 e. The molecule has 2 heterocycles. The summed E-state index contributed by atoms with van der Waals surface area (Å²) in [4.78, 5) is 39.6. The highest BCUT2D eigenvalue weighted by Gasteiger charge is 2.33. The van der Waals surface area contributed by atoms with Gasteiger partial charge in [0.2, 0.25) is 11.8 Å². The fraction of sp³-hybridized carbons (Fsp3) is 0.435. The molecule has 7 heteroatoms. The van der Waals surface area contributed by atoms with Gasteiger partial charge in [-0.2, -0.15) is 0 Å². The Kier molecular flexibility index (Phi) is 7.27. The van der Waals surface area contributed by atoms with Crippen LogP contribution in [0.1, 0.15) is 47.9 Å². The number of nitrogens with one attached hydrogen (secondary N) is 2. The van der Waals surface area contributed by atoms with Crippen molar-refractivity contribution < 1.29 is 18.8 Å². The van der Waals surface area contributed by atoms with Gasteiger partial charge in [-0.15, -0.1) is 0 Å². The molecule has 0 saturated carbocycles. The molecule has 7 nitrogen and oxygen atoms in total. The molecule has 0 bridgehead atoms. The van der Waals surface area contributed by atoms with Crippen molar-refractivity contribution in [2.45, 2.75) is 45.7 Å². The number of nitrogens with zero attached hydrogens (tertiary/aromatic N) is 1. The number of aryl methyl sites for hydroxylation is 1. The molecule has 30 heavy (non-hydrogen) atoms. The second-order valence-corrected chi connectivity index (χ2v) is 7.69. The third-order valence-corrected chi connectivity index (χ3v) is 5.57. The number of hydrogen-bond acceptors (Lipinski definition) is 4. The smallest absolute Gasteiger partial charge is 0.251 e. The Morgan fingerprint density at radius 1 is 1.13 bits per heavy atom. The highest BCUT2D eigenvalue weighted by Crippen LogP contribution is 2.22. The predicted molar refractivity (Wildman–Crippen MR) is 113 cm³/mol. The molecule has 1 aliphatic heterocycles. The van der Waals surface area contributed by atoms with E-state index in [4.69, 9.17) is 4.42 Å². The van der Waals surface area contributed by atoms with Crippen LogP contribution >= 0.6 is 0 Å². The first-order valence-corrected chi connectivity index (χ1v) is 10.4. The first-order valence-electron chi connectivity index (χ1n) is 10.4. The lowest BCUT2D eigenvalue weighted by Gasteiger charge is -2.35. The normalized spacial score (nSPS) is 15.5. The number of furan rings is 1. The summed E-state index contributed by atoms with van der Waals surface area (Å²) < 4.78 is 5.28. The van der Waals surface area contributed by atoms with E-state index in [0.29, 0.717) is 43.7 Å². The van der Waals surface area contributed by atoms with E-state index in [1.54, 1.807) is 30.5 Å². The van der Waals surface area contributed by atoms with E-state index in [1.807, 2.05) is 30.9 Å². The number of benzene rings is 1. The average molecular weight is 412 g/mol. The number of rotatable bonds is 7. The van der Waals surface area contributed by atoms with Gasteiger partial charge in [0.05, 0.1) is 12.8 Å². The fourth-order valence-corrected chi connectivity index (χ4v) is 3.73. The van der Waals surface area contributed by atoms with Crippen molar-refractivity contribution in [2.75, 3.05) is 13.1 Å². The summed E-state index contributed by atoms with van der Waals surface area (Å²) in [7, 11) is 0. The molecular weight excluding hydrogens is 382 g/mol. The first kappa shape index (κ1) is 21.6. The number of amides is 3. The van der Waals surface area contributed by atoms with Crippen molar-refractivity contribution in [2.24, 2.45) is 5.92 Å². The molecule has 1 aromatic heterocycles. The van der Waals surface area contributed by atoms with E-state index in [0.717, 1.165) is 5.56 Å². The van der Waals surface area contributed by atoms with Crippen LogP contribution in [-0.2, 0) is 16.1 Å². The van der Waals surface area contributed by atoms with Crippen LogP contribution in [0.5, 0.6) is 0 Å². The van der Waals surface area contributed by atoms with Gasteiger partial charge in [-0.05, 0) is 49.9 Å². The lowest BCUT2D eigenvalue weighted by molar-refractivity contribution is -0.132. The SMILES string of the molecule is CCC(=O)N1CCC([C@@H](NC(=O)c2ccc(C)cc2)C(=O)NCc2ccco2)CC1. The maximum absolute atomic E-state index is 13.0. The van der Waals surface area contributed by atoms with E-state index in [9.17, 15) is 14.4 Å². The standard InChI is InChI=1S/C23H29N3O4/c1-3-20(27)26-12-10-17(11-13-26)21(23(29)24-15-19-5-4-14-30-19)25-22(28)18-8-6-16(2)7-9-18/h4-9,14,17,21H,3,10-13,15H2,1-2H3,(H,24,29)(H,25,28)/t21-/m1/s1. The number of hydrogen-bond donors (Lipinski definition) is 2. The zero-order chi connectivity index (χ0) is 21.5. The molecule has 1 aliphatic rings. The Morgan fingerprint density at radius 2 is 1.83 bits per heavy atom. The van der Waals surface area contributed by atoms with Crippen LogP contribution in [0.25, 0.3) is 0 Å². The third-order valence-electron chi connectivity index (χ3n) is 5.57. The largest absolute Gasteiger partial charge is 0.467 e. The molecule has 1 atom stereocenters. The Balaban J connectivity index is 1.69. The highest BCUT2D eigenvalue weighted by atomic mass is 16.3. The van der Waals surface area contributed by atoms with Crippen molar-refractivity contribution in [3.8, 4) is 0 Å². The zero-order valence-corrected chi connectivity index (χ0v) is 17.5. The van der Waals surface area contributed by atoms with Gasteiger partial charge in [0.1, 0.15) is 11.8 Å². The molecule has 0 radical (unpaired) electrons. The lowest BCUT2D eigenvalue weighted by Crippen LogP contribution is -2.53. The Labute approximate surface area is 176 Å². The molecule has 2 N–H and O–H groups in total. The molecule has 1 fully saturated rings. The fourth-order valence-electron chi connectivity index (χ4n) is 3.73. The van der Waals surface area contributed by atoms with E-state index in [1.165, 1.54) is 0 Å². The van der Waals surface area contributed by atoms with Crippen LogP contribution in [0.2, 0.25) is 0 Å². The van der Waals surface area contributed by atoms with Crippen molar-refractivity contribution >= 4 is 17.7 Å². The lowest BCUT2D eigenvalue weighted by atomic mass is 9.88. The monoisotopic (exact) mass is 411 g/mol. The molecule has 2 aromatic rings. The topological polar surface area (TPSA) is 91.7 Å². The van der Waals surface area contributed by atoms with Crippen LogP contribution in [0.4, 0.5) is 0 Å². The molecule has 3 rings (SSSR count). The number of piperidine rings is 1. The van der Waals surface area contributed by atoms with Crippen molar-refractivity contribution in [3.63, 3.8) is 0 Å². The van der Waals surface area contributed by atoms with Gasteiger partial charge in [0, 0.05) is 25.1 Å². The maximum atomic E-state index is 13.0. The second-order valence-electron chi connectivity index (χ2n) is 7.69. The molecule has 0 unspecified atom stereocenters. The van der Waals surface area contributed by atoms with Gasteiger partial charge in [-0.1, -0.05) is 24.6 Å². The van der Waals surface area contributed by atoms with Crippen molar-refractivity contribution in [1.82, 2.24) is 15.5 Å². The van der Waals surface area contributed by atoms with Gasteiger partial charge >= 0.3 is 0 Å². The van der Waals surface area contributed by atoms with E-state index in [2.05, 4.69) is 10.6 Å². The molecular formula is C23H29N3O4. The minimum absolute atomic E-state index is 0.0445. The molecule has 0 spiro atoms. The van der Waals surface area contributed by atoms with Crippen LogP contribution in [0.3, 0.4) is 0 Å². The summed E-state index contributed by atoms with van der Waals surface area (Å²) in [6, 6.07) is 10.1. The quantitative estimate of drug-likeness (QED) is 0.733. The van der Waals surface area contributed by atoms with E-state index >= 15 is 0 Å².